The van der Waals surface area contributed by atoms with Crippen LogP contribution in [0.5, 0.6) is 0 Å². The Labute approximate surface area is 123 Å². The highest BCUT2D eigenvalue weighted by Crippen LogP contribution is 2.20. The molecule has 0 spiro atoms. The number of carboxylic acids is 1. The van der Waals surface area contributed by atoms with Crippen molar-refractivity contribution >= 4 is 12.1 Å². The monoisotopic (exact) mass is 295 g/mol. The van der Waals surface area contributed by atoms with E-state index >= 15 is 0 Å². The molecule has 116 valence electrons. The van der Waals surface area contributed by atoms with Crippen molar-refractivity contribution in [2.75, 3.05) is 0 Å². The van der Waals surface area contributed by atoms with Crippen molar-refractivity contribution in [1.29, 1.82) is 0 Å². The maximum Gasteiger partial charge on any atom is 0.408 e. The Kier molecular flexibility index (Phi) is 5.72. The number of carbonyl (C=O) groups excluding carboxylic acids is 1. The molecule has 1 aromatic carbocycles. The van der Waals surface area contributed by atoms with Crippen LogP contribution in [0.4, 0.5) is 4.79 Å². The molecule has 0 unspecified atom stereocenters. The van der Waals surface area contributed by atoms with Crippen LogP contribution in [0.2, 0.25) is 0 Å². The van der Waals surface area contributed by atoms with Gasteiger partial charge >= 0.3 is 12.1 Å². The Bertz CT molecular complexity index is 481. The third kappa shape index (κ3) is 6.27. The number of carbonyl (C=O) groups is 2. The van der Waals surface area contributed by atoms with Crippen molar-refractivity contribution < 1.29 is 24.5 Å². The maximum atomic E-state index is 11.8. The summed E-state index contributed by atoms with van der Waals surface area (Å²) in [5, 5.41) is 21.3. The van der Waals surface area contributed by atoms with Gasteiger partial charge in [-0.1, -0.05) is 30.3 Å². The van der Waals surface area contributed by atoms with Crippen LogP contribution in [-0.4, -0.2) is 34.0 Å². The molecule has 3 N–H and O–H groups in total. The van der Waals surface area contributed by atoms with E-state index in [-0.39, 0.29) is 0 Å². The highest BCUT2D eigenvalue weighted by molar-refractivity contribution is 5.70. The average molecular weight is 295 g/mol. The van der Waals surface area contributed by atoms with Gasteiger partial charge in [0, 0.05) is 0 Å². The van der Waals surface area contributed by atoms with Gasteiger partial charge in [0.25, 0.3) is 0 Å². The smallest absolute Gasteiger partial charge is 0.408 e. The lowest BCUT2D eigenvalue weighted by Crippen LogP contribution is -2.40. The largest absolute Gasteiger partial charge is 0.481 e. The van der Waals surface area contributed by atoms with Crippen LogP contribution >= 0.6 is 0 Å². The van der Waals surface area contributed by atoms with Gasteiger partial charge in [-0.05, 0) is 26.3 Å². The zero-order valence-electron chi connectivity index (χ0n) is 12.4. The summed E-state index contributed by atoms with van der Waals surface area (Å²) in [6.45, 7) is 5.16. The molecule has 1 rings (SSSR count). The number of aliphatic hydroxyl groups excluding tert-OH is 1. The maximum absolute atomic E-state index is 11.8. The lowest BCUT2D eigenvalue weighted by molar-refractivity contribution is -0.139. The number of nitrogens with one attached hydrogen (secondary N) is 1. The van der Waals surface area contributed by atoms with Crippen LogP contribution in [0.15, 0.2) is 30.3 Å². The molecule has 21 heavy (non-hydrogen) atoms. The van der Waals surface area contributed by atoms with Crippen LogP contribution in [0, 0.1) is 0 Å². The highest BCUT2D eigenvalue weighted by Gasteiger charge is 2.27. The summed E-state index contributed by atoms with van der Waals surface area (Å²) in [4.78, 5) is 22.6. The third-order valence-corrected chi connectivity index (χ3v) is 2.60. The minimum Gasteiger partial charge on any atom is -0.481 e. The van der Waals surface area contributed by atoms with Crippen LogP contribution in [0.3, 0.4) is 0 Å². The van der Waals surface area contributed by atoms with Crippen LogP contribution in [-0.2, 0) is 9.53 Å². The molecule has 0 radical (unpaired) electrons. The summed E-state index contributed by atoms with van der Waals surface area (Å²) >= 11 is 0. The van der Waals surface area contributed by atoms with Crippen molar-refractivity contribution in [2.45, 2.75) is 44.9 Å². The van der Waals surface area contributed by atoms with Crippen molar-refractivity contribution in [3.8, 4) is 0 Å². The second-order valence-corrected chi connectivity index (χ2v) is 5.70. The number of alkyl carbamates (subject to hydrolysis) is 1. The van der Waals surface area contributed by atoms with E-state index in [0.717, 1.165) is 0 Å². The molecule has 0 saturated carbocycles. The minimum absolute atomic E-state index is 0.477. The quantitative estimate of drug-likeness (QED) is 0.773. The van der Waals surface area contributed by atoms with E-state index in [0.29, 0.717) is 5.56 Å². The Hall–Kier alpha value is -2.08. The summed E-state index contributed by atoms with van der Waals surface area (Å²) in [7, 11) is 0. The van der Waals surface area contributed by atoms with Crippen molar-refractivity contribution in [3.05, 3.63) is 35.9 Å². The molecule has 0 heterocycles. The topological polar surface area (TPSA) is 95.9 Å². The molecule has 1 aromatic rings. The highest BCUT2D eigenvalue weighted by atomic mass is 16.6. The first-order chi connectivity index (χ1) is 9.69. The molecule has 6 nitrogen and oxygen atoms in total. The zero-order chi connectivity index (χ0) is 16.0. The minimum atomic E-state index is -1.25. The van der Waals surface area contributed by atoms with Gasteiger partial charge in [-0.25, -0.2) is 4.79 Å². The molecule has 0 aliphatic rings. The molecule has 6 heteroatoms. The first-order valence-electron chi connectivity index (χ1n) is 6.63. The Morgan fingerprint density at radius 2 is 1.81 bits per heavy atom. The predicted molar refractivity (Wildman–Crippen MR) is 76.8 cm³/mol. The van der Waals surface area contributed by atoms with Crippen molar-refractivity contribution in [3.63, 3.8) is 0 Å². The van der Waals surface area contributed by atoms with E-state index in [1.807, 2.05) is 0 Å². The fraction of sp³-hybridized carbons (Fsp3) is 0.467. The molecule has 0 bridgehead atoms. The van der Waals surface area contributed by atoms with E-state index < -0.39 is 36.2 Å². The van der Waals surface area contributed by atoms with Gasteiger partial charge in [-0.3, -0.25) is 4.79 Å². The molecular formula is C15H21NO5. The van der Waals surface area contributed by atoms with Crippen LogP contribution in [0.25, 0.3) is 0 Å². The standard InChI is InChI=1S/C15H21NO5/c1-15(2,3)21-14(20)16-13(11(17)9-12(18)19)10-7-5-4-6-8-10/h4-8,11,13,17H,9H2,1-3H3,(H,16,20)(H,18,19)/t11-,13+/m1/s1. The second kappa shape index (κ2) is 7.08. The summed E-state index contributed by atoms with van der Waals surface area (Å²) in [5.74, 6) is -1.14. The summed E-state index contributed by atoms with van der Waals surface area (Å²) in [6, 6.07) is 7.83. The predicted octanol–water partition coefficient (Wildman–Crippen LogP) is 2.09. The molecule has 1 amide bonds. The normalized spacial score (nSPS) is 14.1. The molecule has 2 atom stereocenters. The van der Waals surface area contributed by atoms with E-state index in [9.17, 15) is 14.7 Å². The number of aliphatic hydroxyl groups is 1. The summed E-state index contributed by atoms with van der Waals surface area (Å²) in [6.07, 6.45) is -2.44. The van der Waals surface area contributed by atoms with Gasteiger partial charge < -0.3 is 20.3 Å². The Morgan fingerprint density at radius 3 is 2.29 bits per heavy atom. The molecular weight excluding hydrogens is 274 g/mol. The first kappa shape index (κ1) is 17.0. The number of hydrogen-bond acceptors (Lipinski definition) is 4. The third-order valence-electron chi connectivity index (χ3n) is 2.60. The fourth-order valence-electron chi connectivity index (χ4n) is 1.79. The molecule has 0 aromatic heterocycles. The number of hydrogen-bond donors (Lipinski definition) is 3. The number of ether oxygens (including phenoxy) is 1. The zero-order valence-corrected chi connectivity index (χ0v) is 12.4. The van der Waals surface area contributed by atoms with Gasteiger partial charge in [-0.2, -0.15) is 0 Å². The van der Waals surface area contributed by atoms with Crippen LogP contribution in [0.1, 0.15) is 38.8 Å². The molecule has 0 saturated heterocycles. The SMILES string of the molecule is CC(C)(C)OC(=O)N[C@@H](c1ccccc1)[C@H](O)CC(=O)O. The van der Waals surface area contributed by atoms with Gasteiger partial charge in [0.2, 0.25) is 0 Å². The molecule has 0 aliphatic carbocycles. The van der Waals surface area contributed by atoms with Gasteiger partial charge in [0.15, 0.2) is 0 Å². The number of benzene rings is 1. The number of aliphatic carboxylic acids is 1. The summed E-state index contributed by atoms with van der Waals surface area (Å²) in [5.41, 5.74) is -0.0691. The molecule has 0 aliphatic heterocycles. The van der Waals surface area contributed by atoms with E-state index in [4.69, 9.17) is 9.84 Å². The van der Waals surface area contributed by atoms with Crippen molar-refractivity contribution in [2.24, 2.45) is 0 Å². The van der Waals surface area contributed by atoms with Gasteiger partial charge in [0.05, 0.1) is 18.6 Å². The lowest BCUT2D eigenvalue weighted by Gasteiger charge is -2.26. The van der Waals surface area contributed by atoms with Crippen LogP contribution < -0.4 is 5.32 Å². The van der Waals surface area contributed by atoms with Crippen molar-refractivity contribution in [1.82, 2.24) is 5.32 Å². The number of rotatable bonds is 5. The Morgan fingerprint density at radius 1 is 1.24 bits per heavy atom. The number of carboxylic acid groups (broad SMARTS) is 1. The summed E-state index contributed by atoms with van der Waals surface area (Å²) < 4.78 is 5.14. The fourth-order valence-corrected chi connectivity index (χ4v) is 1.79. The van der Waals surface area contributed by atoms with E-state index in [2.05, 4.69) is 5.32 Å². The van der Waals surface area contributed by atoms with E-state index in [1.165, 1.54) is 0 Å². The number of amides is 1. The average Bonchev–Trinajstić information content (AvgIpc) is 2.34. The van der Waals surface area contributed by atoms with Gasteiger partial charge in [-0.15, -0.1) is 0 Å². The molecule has 0 fully saturated rings. The Balaban J connectivity index is 2.87. The van der Waals surface area contributed by atoms with Gasteiger partial charge in [0.1, 0.15) is 5.60 Å². The van der Waals surface area contributed by atoms with E-state index in [1.54, 1.807) is 51.1 Å². The second-order valence-electron chi connectivity index (χ2n) is 5.70. The first-order valence-corrected chi connectivity index (χ1v) is 6.63. The lowest BCUT2D eigenvalue weighted by atomic mass is 9.99.